The van der Waals surface area contributed by atoms with Gasteiger partial charge in [-0.05, 0) is 38.1 Å². The zero-order valence-electron chi connectivity index (χ0n) is 11.0. The summed E-state index contributed by atoms with van der Waals surface area (Å²) in [5.41, 5.74) is 5.64. The second kappa shape index (κ2) is 5.76. The van der Waals surface area contributed by atoms with Crippen molar-refractivity contribution in [3.8, 4) is 6.07 Å². The van der Waals surface area contributed by atoms with Crippen LogP contribution >= 0.6 is 23.1 Å². The van der Waals surface area contributed by atoms with E-state index < -0.39 is 0 Å². The van der Waals surface area contributed by atoms with Crippen LogP contribution in [0.2, 0.25) is 0 Å². The van der Waals surface area contributed by atoms with Gasteiger partial charge in [-0.2, -0.15) is 5.26 Å². The monoisotopic (exact) mass is 292 g/mol. The van der Waals surface area contributed by atoms with Gasteiger partial charge in [-0.3, -0.25) is 0 Å². The number of anilines is 1. The molecule has 0 unspecified atom stereocenters. The molecule has 6 heteroatoms. The number of thioether (sulfide) groups is 1. The van der Waals surface area contributed by atoms with Crippen molar-refractivity contribution < 1.29 is 0 Å². The highest BCUT2D eigenvalue weighted by Gasteiger charge is 2.15. The molecular formula is C13H16N4S2. The van der Waals surface area contributed by atoms with Crippen molar-refractivity contribution >= 4 is 39.1 Å². The van der Waals surface area contributed by atoms with E-state index in [1.807, 2.05) is 25.3 Å². The Labute approximate surface area is 121 Å². The third kappa shape index (κ3) is 3.58. The summed E-state index contributed by atoms with van der Waals surface area (Å²) >= 11 is 3.17. The number of nitrogen functional groups attached to an aromatic ring is 1. The molecule has 2 rings (SSSR count). The number of hydrogen-bond donors (Lipinski definition) is 1. The molecule has 2 N–H and O–H groups in total. The molecule has 0 atom stereocenters. The normalized spacial score (nSPS) is 11.6. The lowest BCUT2D eigenvalue weighted by Crippen LogP contribution is -2.07. The number of nitriles is 1. The Morgan fingerprint density at radius 3 is 3.00 bits per heavy atom. The Morgan fingerprint density at radius 2 is 2.26 bits per heavy atom. The number of aromatic nitrogens is 2. The lowest BCUT2D eigenvalue weighted by molar-refractivity contribution is 0.447. The minimum absolute atomic E-state index is 0.252. The first-order valence-electron chi connectivity index (χ1n) is 6.06. The number of rotatable bonds is 5. The van der Waals surface area contributed by atoms with Crippen LogP contribution in [-0.4, -0.2) is 15.7 Å². The third-order valence-electron chi connectivity index (χ3n) is 2.81. The molecule has 2 aromatic rings. The number of hydrogen-bond acceptors (Lipinski definition) is 6. The average molecular weight is 292 g/mol. The fourth-order valence-electron chi connectivity index (χ4n) is 1.66. The van der Waals surface area contributed by atoms with Crippen LogP contribution in [0.3, 0.4) is 0 Å². The van der Waals surface area contributed by atoms with Gasteiger partial charge < -0.3 is 5.73 Å². The Bertz CT molecular complexity index is 613. The van der Waals surface area contributed by atoms with E-state index >= 15 is 0 Å². The van der Waals surface area contributed by atoms with Crippen LogP contribution in [0.1, 0.15) is 26.7 Å². The summed E-state index contributed by atoms with van der Waals surface area (Å²) in [6, 6.07) is 4.25. The van der Waals surface area contributed by atoms with E-state index in [1.54, 1.807) is 23.1 Å². The summed E-state index contributed by atoms with van der Waals surface area (Å²) in [4.78, 5) is 9.71. The van der Waals surface area contributed by atoms with Crippen LogP contribution in [0.4, 0.5) is 5.82 Å². The molecule has 0 spiro atoms. The fraction of sp³-hybridized carbons (Fsp3) is 0.462. The summed E-state index contributed by atoms with van der Waals surface area (Å²) in [5.74, 6) is 1.45. The van der Waals surface area contributed by atoms with E-state index in [0.29, 0.717) is 5.82 Å². The maximum atomic E-state index is 8.94. The summed E-state index contributed by atoms with van der Waals surface area (Å²) in [6.07, 6.45) is 1.85. The summed E-state index contributed by atoms with van der Waals surface area (Å²) in [6.45, 7) is 3.92. The van der Waals surface area contributed by atoms with E-state index in [-0.39, 0.29) is 5.41 Å². The Hall–Kier alpha value is -1.32. The molecule has 0 saturated heterocycles. The number of nitrogens with two attached hydrogens (primary N) is 1. The molecule has 0 aliphatic rings. The van der Waals surface area contributed by atoms with E-state index in [9.17, 15) is 0 Å². The summed E-state index contributed by atoms with van der Waals surface area (Å²) in [7, 11) is 0. The number of thiophene rings is 1. The van der Waals surface area contributed by atoms with E-state index in [0.717, 1.165) is 34.0 Å². The Balaban J connectivity index is 1.93. The molecule has 0 aromatic carbocycles. The van der Waals surface area contributed by atoms with Crippen molar-refractivity contribution in [1.29, 1.82) is 5.26 Å². The fourth-order valence-corrected chi connectivity index (χ4v) is 3.28. The van der Waals surface area contributed by atoms with Gasteiger partial charge in [-0.15, -0.1) is 11.3 Å². The molecule has 0 aliphatic carbocycles. The standard InChI is InChI=1S/C13H16N4S2/c1-13(2,8-14)5-3-6-19-12-16-10(15)9-4-7-18-11(9)17-12/h4,7H,3,5-6H2,1-2H3,(H2,15,16,17). The molecule has 0 aliphatic heterocycles. The molecular weight excluding hydrogens is 276 g/mol. The predicted octanol–water partition coefficient (Wildman–Crippen LogP) is 3.70. The van der Waals surface area contributed by atoms with Crippen molar-refractivity contribution in [3.05, 3.63) is 11.4 Å². The first-order chi connectivity index (χ1) is 9.02. The van der Waals surface area contributed by atoms with E-state index in [4.69, 9.17) is 11.0 Å². The molecule has 0 radical (unpaired) electrons. The lowest BCUT2D eigenvalue weighted by Gasteiger charge is -2.13. The predicted molar refractivity (Wildman–Crippen MR) is 81.2 cm³/mol. The van der Waals surface area contributed by atoms with Gasteiger partial charge in [-0.1, -0.05) is 11.8 Å². The van der Waals surface area contributed by atoms with Crippen molar-refractivity contribution in [2.45, 2.75) is 31.8 Å². The second-order valence-electron chi connectivity index (χ2n) is 4.98. The van der Waals surface area contributed by atoms with Crippen LogP contribution < -0.4 is 5.73 Å². The van der Waals surface area contributed by atoms with Crippen LogP contribution in [0.25, 0.3) is 10.2 Å². The molecule has 0 bridgehead atoms. The highest BCUT2D eigenvalue weighted by Crippen LogP contribution is 2.28. The van der Waals surface area contributed by atoms with Gasteiger partial charge in [0.15, 0.2) is 5.16 Å². The molecule has 19 heavy (non-hydrogen) atoms. The Kier molecular flexibility index (Phi) is 4.27. The third-order valence-corrected chi connectivity index (χ3v) is 4.55. The maximum absolute atomic E-state index is 8.94. The highest BCUT2D eigenvalue weighted by molar-refractivity contribution is 7.99. The van der Waals surface area contributed by atoms with Gasteiger partial charge in [0.1, 0.15) is 10.6 Å². The van der Waals surface area contributed by atoms with Crippen LogP contribution in [0, 0.1) is 16.7 Å². The van der Waals surface area contributed by atoms with Crippen LogP contribution in [0.5, 0.6) is 0 Å². The minimum atomic E-state index is -0.252. The topological polar surface area (TPSA) is 75.6 Å². The summed E-state index contributed by atoms with van der Waals surface area (Å²) < 4.78 is 0. The largest absolute Gasteiger partial charge is 0.383 e. The van der Waals surface area contributed by atoms with Gasteiger partial charge in [0.25, 0.3) is 0 Å². The first kappa shape index (κ1) is 14.1. The lowest BCUT2D eigenvalue weighted by atomic mass is 9.90. The highest BCUT2D eigenvalue weighted by atomic mass is 32.2. The molecule has 0 saturated carbocycles. The Morgan fingerprint density at radius 1 is 1.47 bits per heavy atom. The maximum Gasteiger partial charge on any atom is 0.190 e. The number of nitrogens with zero attached hydrogens (tertiary/aromatic N) is 3. The van der Waals surface area contributed by atoms with Gasteiger partial charge in [0.2, 0.25) is 0 Å². The number of fused-ring (bicyclic) bond motifs is 1. The zero-order chi connectivity index (χ0) is 13.9. The average Bonchev–Trinajstić information content (AvgIpc) is 2.83. The van der Waals surface area contributed by atoms with Gasteiger partial charge in [0.05, 0.1) is 16.9 Å². The van der Waals surface area contributed by atoms with Crippen molar-refractivity contribution in [2.24, 2.45) is 5.41 Å². The zero-order valence-corrected chi connectivity index (χ0v) is 12.6. The van der Waals surface area contributed by atoms with E-state index in [2.05, 4.69) is 16.0 Å². The molecule has 2 aromatic heterocycles. The SMILES string of the molecule is CC(C)(C#N)CCCSc1nc(N)c2ccsc2n1. The van der Waals surface area contributed by atoms with E-state index in [1.165, 1.54) is 0 Å². The molecule has 0 amide bonds. The quantitative estimate of drug-likeness (QED) is 0.516. The van der Waals surface area contributed by atoms with Gasteiger partial charge in [-0.25, -0.2) is 9.97 Å². The first-order valence-corrected chi connectivity index (χ1v) is 7.93. The molecule has 4 nitrogen and oxygen atoms in total. The molecule has 0 fully saturated rings. The smallest absolute Gasteiger partial charge is 0.190 e. The second-order valence-corrected chi connectivity index (χ2v) is 6.94. The van der Waals surface area contributed by atoms with Crippen LogP contribution in [0.15, 0.2) is 16.6 Å². The molecule has 100 valence electrons. The van der Waals surface area contributed by atoms with Crippen molar-refractivity contribution in [2.75, 3.05) is 11.5 Å². The van der Waals surface area contributed by atoms with Crippen molar-refractivity contribution in [1.82, 2.24) is 9.97 Å². The minimum Gasteiger partial charge on any atom is -0.383 e. The van der Waals surface area contributed by atoms with Crippen molar-refractivity contribution in [3.63, 3.8) is 0 Å². The van der Waals surface area contributed by atoms with Gasteiger partial charge in [0, 0.05) is 5.75 Å². The van der Waals surface area contributed by atoms with Gasteiger partial charge >= 0.3 is 0 Å². The van der Waals surface area contributed by atoms with Crippen LogP contribution in [-0.2, 0) is 0 Å². The molecule has 2 heterocycles. The summed E-state index contributed by atoms with van der Waals surface area (Å²) in [5, 5.41) is 12.6.